The summed E-state index contributed by atoms with van der Waals surface area (Å²) in [5, 5.41) is 9.87. The number of ether oxygens (including phenoxy) is 2. The number of hydrogen-bond donors (Lipinski definition) is 1. The van der Waals surface area contributed by atoms with Gasteiger partial charge in [-0.05, 0) is 63.1 Å². The van der Waals surface area contributed by atoms with Gasteiger partial charge in [0.1, 0.15) is 17.5 Å². The van der Waals surface area contributed by atoms with Gasteiger partial charge in [0.05, 0.1) is 12.6 Å². The van der Waals surface area contributed by atoms with Gasteiger partial charge in [-0.15, -0.1) is 0 Å². The van der Waals surface area contributed by atoms with Crippen LogP contribution in [0.1, 0.15) is 48.2 Å². The fourth-order valence-electron chi connectivity index (χ4n) is 4.82. The Labute approximate surface area is 218 Å². The van der Waals surface area contributed by atoms with Crippen LogP contribution in [0.15, 0.2) is 36.5 Å². The van der Waals surface area contributed by atoms with E-state index < -0.39 is 0 Å². The first kappa shape index (κ1) is 27.1. The van der Waals surface area contributed by atoms with Crippen LogP contribution in [0.3, 0.4) is 0 Å². The first-order valence-electron chi connectivity index (χ1n) is 13.0. The van der Waals surface area contributed by atoms with E-state index in [4.69, 9.17) is 9.47 Å². The molecular weight excluding hydrogens is 473 g/mol. The molecule has 0 spiro atoms. The zero-order valence-corrected chi connectivity index (χ0v) is 21.8. The second-order valence-electron chi connectivity index (χ2n) is 10.2. The van der Waals surface area contributed by atoms with Crippen molar-refractivity contribution in [1.82, 2.24) is 14.8 Å². The molecular formula is C29H36FN3O4. The van der Waals surface area contributed by atoms with Gasteiger partial charge in [-0.25, -0.2) is 9.37 Å². The molecule has 0 saturated carbocycles. The van der Waals surface area contributed by atoms with Crippen molar-refractivity contribution in [3.05, 3.63) is 59.0 Å². The molecule has 2 aromatic rings. The average Bonchev–Trinajstić information content (AvgIpc) is 2.90. The molecule has 1 fully saturated rings. The van der Waals surface area contributed by atoms with Crippen LogP contribution in [0, 0.1) is 29.5 Å². The Morgan fingerprint density at radius 1 is 1.19 bits per heavy atom. The SMILES string of the molecule is C[C@@H]1CN([C@H](C)CO)C(=O)c2cc(C#Cc3ccc(F)cc3)cnc2O[C@@H]1CN(C)CC1CCOCC1. The largest absolute Gasteiger partial charge is 0.472 e. The molecule has 3 heterocycles. The summed E-state index contributed by atoms with van der Waals surface area (Å²) in [6.07, 6.45) is 3.54. The third kappa shape index (κ3) is 7.07. The van der Waals surface area contributed by atoms with Gasteiger partial charge in [-0.1, -0.05) is 18.8 Å². The Morgan fingerprint density at radius 3 is 2.59 bits per heavy atom. The van der Waals surface area contributed by atoms with Gasteiger partial charge in [0.25, 0.3) is 5.91 Å². The summed E-state index contributed by atoms with van der Waals surface area (Å²) in [6.45, 7) is 7.52. The number of aliphatic hydroxyl groups is 1. The minimum absolute atomic E-state index is 0.0305. The number of pyridine rings is 1. The van der Waals surface area contributed by atoms with E-state index in [-0.39, 0.29) is 42.3 Å². The molecule has 1 N–H and O–H groups in total. The fourth-order valence-corrected chi connectivity index (χ4v) is 4.82. The van der Waals surface area contributed by atoms with Gasteiger partial charge < -0.3 is 24.4 Å². The standard InChI is InChI=1S/C29H36FN3O4/c1-20-16-33(21(2)19-34)29(35)26-14-24(5-4-22-6-8-25(30)9-7-22)15-31-28(26)37-27(20)18-32(3)17-23-10-12-36-13-11-23/h6-9,14-15,20-21,23,27,34H,10-13,16-19H2,1-3H3/t20-,21-,27-/m1/s1. The van der Waals surface area contributed by atoms with Gasteiger partial charge >= 0.3 is 0 Å². The monoisotopic (exact) mass is 509 g/mol. The number of amides is 1. The Hall–Kier alpha value is -2.99. The maximum absolute atomic E-state index is 13.6. The molecule has 8 heteroatoms. The fraction of sp³-hybridized carbons (Fsp3) is 0.517. The van der Waals surface area contributed by atoms with E-state index in [1.54, 1.807) is 29.3 Å². The van der Waals surface area contributed by atoms with Gasteiger partial charge in [0.15, 0.2) is 0 Å². The van der Waals surface area contributed by atoms with E-state index in [9.17, 15) is 14.3 Å². The topological polar surface area (TPSA) is 75.1 Å². The van der Waals surface area contributed by atoms with Gasteiger partial charge in [-0.2, -0.15) is 0 Å². The quantitative estimate of drug-likeness (QED) is 0.603. The number of carbonyl (C=O) groups is 1. The van der Waals surface area contributed by atoms with Crippen LogP contribution in [0.25, 0.3) is 0 Å². The van der Waals surface area contributed by atoms with Crippen LogP contribution in [-0.4, -0.2) is 84.4 Å². The molecule has 1 saturated heterocycles. The predicted molar refractivity (Wildman–Crippen MR) is 139 cm³/mol. The highest BCUT2D eigenvalue weighted by molar-refractivity contribution is 5.97. The lowest BCUT2D eigenvalue weighted by Gasteiger charge is -2.38. The number of benzene rings is 1. The Bertz CT molecular complexity index is 1120. The second kappa shape index (κ2) is 12.5. The van der Waals surface area contributed by atoms with E-state index >= 15 is 0 Å². The molecule has 198 valence electrons. The van der Waals surface area contributed by atoms with Crippen molar-refractivity contribution in [2.45, 2.75) is 38.8 Å². The van der Waals surface area contributed by atoms with E-state index in [2.05, 4.69) is 35.7 Å². The highest BCUT2D eigenvalue weighted by atomic mass is 19.1. The van der Waals surface area contributed by atoms with Crippen LogP contribution in [-0.2, 0) is 4.74 Å². The zero-order chi connectivity index (χ0) is 26.4. The second-order valence-corrected chi connectivity index (χ2v) is 10.2. The number of aliphatic hydroxyl groups excluding tert-OH is 1. The van der Waals surface area contributed by atoms with Crippen LogP contribution >= 0.6 is 0 Å². The maximum Gasteiger partial charge on any atom is 0.259 e. The number of hydrogen-bond acceptors (Lipinski definition) is 6. The van der Waals surface area contributed by atoms with E-state index in [1.807, 2.05) is 6.92 Å². The summed E-state index contributed by atoms with van der Waals surface area (Å²) in [4.78, 5) is 22.1. The number of nitrogens with zero attached hydrogens (tertiary/aromatic N) is 3. The van der Waals surface area contributed by atoms with E-state index in [0.717, 1.165) is 32.6 Å². The van der Waals surface area contributed by atoms with Gasteiger partial charge in [0.2, 0.25) is 5.88 Å². The molecule has 37 heavy (non-hydrogen) atoms. The van der Waals surface area contributed by atoms with Crippen molar-refractivity contribution in [3.63, 3.8) is 0 Å². The molecule has 0 radical (unpaired) electrons. The molecule has 1 aromatic heterocycles. The summed E-state index contributed by atoms with van der Waals surface area (Å²) in [7, 11) is 2.10. The third-order valence-corrected chi connectivity index (χ3v) is 7.12. The number of carbonyl (C=O) groups excluding carboxylic acids is 1. The number of likely N-dealkylation sites (N-methyl/N-ethyl adjacent to an activating group) is 1. The lowest BCUT2D eigenvalue weighted by Crippen LogP contribution is -2.50. The molecule has 4 rings (SSSR count). The minimum atomic E-state index is -0.351. The third-order valence-electron chi connectivity index (χ3n) is 7.12. The molecule has 2 aliphatic rings. The minimum Gasteiger partial charge on any atom is -0.472 e. The van der Waals surface area contributed by atoms with Crippen LogP contribution in [0.5, 0.6) is 5.88 Å². The van der Waals surface area contributed by atoms with Crippen molar-refractivity contribution in [1.29, 1.82) is 0 Å². The van der Waals surface area contributed by atoms with Crippen molar-refractivity contribution in [3.8, 4) is 17.7 Å². The van der Waals surface area contributed by atoms with Crippen molar-refractivity contribution in [2.75, 3.05) is 46.5 Å². The van der Waals surface area contributed by atoms with Crippen LogP contribution in [0.4, 0.5) is 4.39 Å². The summed E-state index contributed by atoms with van der Waals surface area (Å²) in [5.41, 5.74) is 1.54. The molecule has 2 aliphatic heterocycles. The molecule has 0 unspecified atom stereocenters. The molecule has 1 amide bonds. The Balaban J connectivity index is 1.59. The number of fused-ring (bicyclic) bond motifs is 1. The summed E-state index contributed by atoms with van der Waals surface area (Å²) >= 11 is 0. The van der Waals surface area contributed by atoms with E-state index in [1.165, 1.54) is 12.1 Å². The van der Waals surface area contributed by atoms with Crippen molar-refractivity contribution >= 4 is 5.91 Å². The average molecular weight is 510 g/mol. The van der Waals surface area contributed by atoms with Crippen molar-refractivity contribution < 1.29 is 23.8 Å². The highest BCUT2D eigenvalue weighted by Gasteiger charge is 2.34. The lowest BCUT2D eigenvalue weighted by molar-refractivity contribution is 0.0254. The molecule has 0 bridgehead atoms. The molecule has 3 atom stereocenters. The Morgan fingerprint density at radius 2 is 1.89 bits per heavy atom. The van der Waals surface area contributed by atoms with E-state index in [0.29, 0.717) is 35.7 Å². The first-order chi connectivity index (χ1) is 17.8. The molecule has 1 aromatic carbocycles. The smallest absolute Gasteiger partial charge is 0.259 e. The van der Waals surface area contributed by atoms with Gasteiger partial charge in [-0.3, -0.25) is 4.79 Å². The number of rotatable bonds is 6. The zero-order valence-electron chi connectivity index (χ0n) is 21.8. The number of aromatic nitrogens is 1. The molecule has 7 nitrogen and oxygen atoms in total. The van der Waals surface area contributed by atoms with Crippen LogP contribution < -0.4 is 4.74 Å². The highest BCUT2D eigenvalue weighted by Crippen LogP contribution is 2.27. The number of halogens is 1. The molecule has 0 aliphatic carbocycles. The lowest BCUT2D eigenvalue weighted by atomic mass is 9.97. The van der Waals surface area contributed by atoms with Crippen molar-refractivity contribution in [2.24, 2.45) is 11.8 Å². The summed E-state index contributed by atoms with van der Waals surface area (Å²) in [6, 6.07) is 7.26. The normalized spacial score (nSPS) is 21.4. The van der Waals surface area contributed by atoms with Crippen LogP contribution in [0.2, 0.25) is 0 Å². The predicted octanol–water partition coefficient (Wildman–Crippen LogP) is 3.20. The van der Waals surface area contributed by atoms with Gasteiger partial charge in [0, 0.05) is 56.1 Å². The summed E-state index contributed by atoms with van der Waals surface area (Å²) < 4.78 is 25.1. The first-order valence-corrected chi connectivity index (χ1v) is 13.0. The Kier molecular flexibility index (Phi) is 9.14. The summed E-state index contributed by atoms with van der Waals surface area (Å²) in [5.74, 6) is 6.35. The maximum atomic E-state index is 13.6.